The number of imide groups is 1. The molecule has 0 saturated carbocycles. The van der Waals surface area contributed by atoms with Crippen molar-refractivity contribution in [1.82, 2.24) is 15.5 Å². The van der Waals surface area contributed by atoms with Crippen LogP contribution in [0.3, 0.4) is 0 Å². The topological polar surface area (TPSA) is 70.7 Å². The number of carbonyl (C=O) groups is 2. The van der Waals surface area contributed by atoms with Crippen LogP contribution in [0.2, 0.25) is 0 Å². The zero-order chi connectivity index (χ0) is 16.9. The van der Waals surface area contributed by atoms with Gasteiger partial charge in [0, 0.05) is 13.6 Å². The third kappa shape index (κ3) is 4.46. The molecule has 0 aliphatic rings. The van der Waals surface area contributed by atoms with Crippen LogP contribution in [0.4, 0.5) is 4.79 Å². The molecule has 1 aromatic rings. The van der Waals surface area contributed by atoms with Crippen LogP contribution < -0.4 is 15.4 Å². The van der Waals surface area contributed by atoms with Gasteiger partial charge in [-0.25, -0.2) is 4.79 Å². The maximum atomic E-state index is 11.9. The van der Waals surface area contributed by atoms with E-state index in [4.69, 9.17) is 4.74 Å². The van der Waals surface area contributed by atoms with E-state index in [2.05, 4.69) is 10.6 Å². The molecule has 0 heterocycles. The molecule has 6 nitrogen and oxygen atoms in total. The molecule has 2 N–H and O–H groups in total. The molecule has 0 unspecified atom stereocenters. The van der Waals surface area contributed by atoms with Crippen molar-refractivity contribution in [1.29, 1.82) is 0 Å². The van der Waals surface area contributed by atoms with Crippen molar-refractivity contribution in [3.8, 4) is 5.75 Å². The SMILES string of the molecule is CNC(=O)NC(=O)[C@@H](C)N(C)Cc1cc(C)c(OC)c(C)c1. The smallest absolute Gasteiger partial charge is 0.321 e. The first-order valence-corrected chi connectivity index (χ1v) is 7.17. The Morgan fingerprint density at radius 1 is 1.27 bits per heavy atom. The summed E-state index contributed by atoms with van der Waals surface area (Å²) in [7, 11) is 4.98. The molecule has 1 aromatic carbocycles. The maximum Gasteiger partial charge on any atom is 0.321 e. The van der Waals surface area contributed by atoms with E-state index in [1.165, 1.54) is 7.05 Å². The lowest BCUT2D eigenvalue weighted by atomic mass is 10.0. The highest BCUT2D eigenvalue weighted by Gasteiger charge is 2.20. The van der Waals surface area contributed by atoms with Gasteiger partial charge in [-0.05, 0) is 44.5 Å². The second-order valence-electron chi connectivity index (χ2n) is 5.42. The molecule has 0 spiro atoms. The number of hydrogen-bond donors (Lipinski definition) is 2. The zero-order valence-corrected chi connectivity index (χ0v) is 14.1. The van der Waals surface area contributed by atoms with Gasteiger partial charge in [0.1, 0.15) is 5.75 Å². The number of urea groups is 1. The van der Waals surface area contributed by atoms with Gasteiger partial charge in [0.05, 0.1) is 13.2 Å². The molecule has 0 fully saturated rings. The van der Waals surface area contributed by atoms with E-state index in [0.717, 1.165) is 22.4 Å². The van der Waals surface area contributed by atoms with Gasteiger partial charge in [0.15, 0.2) is 0 Å². The van der Waals surface area contributed by atoms with Gasteiger partial charge in [0.25, 0.3) is 0 Å². The lowest BCUT2D eigenvalue weighted by Crippen LogP contribution is -2.47. The number of methoxy groups -OCH3 is 1. The molecule has 0 bridgehead atoms. The molecule has 6 heteroatoms. The van der Waals surface area contributed by atoms with Crippen molar-refractivity contribution in [2.75, 3.05) is 21.2 Å². The fourth-order valence-corrected chi connectivity index (χ4v) is 2.36. The molecule has 1 rings (SSSR count). The van der Waals surface area contributed by atoms with Crippen LogP contribution in [-0.2, 0) is 11.3 Å². The molecule has 0 aliphatic carbocycles. The fourth-order valence-electron chi connectivity index (χ4n) is 2.36. The summed E-state index contributed by atoms with van der Waals surface area (Å²) in [5.41, 5.74) is 3.22. The van der Waals surface area contributed by atoms with Gasteiger partial charge in [-0.1, -0.05) is 12.1 Å². The molecule has 22 heavy (non-hydrogen) atoms. The second kappa shape index (κ2) is 7.79. The van der Waals surface area contributed by atoms with Crippen LogP contribution >= 0.6 is 0 Å². The average molecular weight is 307 g/mol. The number of aryl methyl sites for hydroxylation is 2. The molecule has 122 valence electrons. The van der Waals surface area contributed by atoms with Crippen molar-refractivity contribution < 1.29 is 14.3 Å². The number of benzene rings is 1. The van der Waals surface area contributed by atoms with E-state index in [9.17, 15) is 9.59 Å². The number of carbonyl (C=O) groups excluding carboxylic acids is 2. The minimum atomic E-state index is -0.499. The van der Waals surface area contributed by atoms with Gasteiger partial charge in [-0.3, -0.25) is 15.0 Å². The first kappa shape index (κ1) is 18.0. The Hall–Kier alpha value is -2.08. The van der Waals surface area contributed by atoms with E-state index >= 15 is 0 Å². The van der Waals surface area contributed by atoms with Crippen LogP contribution in [-0.4, -0.2) is 44.1 Å². The predicted octanol–water partition coefficient (Wildman–Crippen LogP) is 1.59. The summed E-state index contributed by atoms with van der Waals surface area (Å²) in [5, 5.41) is 4.65. The molecule has 0 saturated heterocycles. The third-order valence-corrected chi connectivity index (χ3v) is 3.66. The Morgan fingerprint density at radius 3 is 2.27 bits per heavy atom. The van der Waals surface area contributed by atoms with Crippen LogP contribution in [0.25, 0.3) is 0 Å². The van der Waals surface area contributed by atoms with Gasteiger partial charge < -0.3 is 10.1 Å². The first-order chi connectivity index (χ1) is 10.3. The highest BCUT2D eigenvalue weighted by atomic mass is 16.5. The largest absolute Gasteiger partial charge is 0.496 e. The van der Waals surface area contributed by atoms with Gasteiger partial charge in [-0.15, -0.1) is 0 Å². The van der Waals surface area contributed by atoms with E-state index in [1.54, 1.807) is 14.0 Å². The Bertz CT molecular complexity index is 535. The number of likely N-dealkylation sites (N-methyl/N-ethyl adjacent to an activating group) is 1. The van der Waals surface area contributed by atoms with Crippen LogP contribution in [0, 0.1) is 13.8 Å². The highest BCUT2D eigenvalue weighted by Crippen LogP contribution is 2.25. The number of nitrogens with one attached hydrogen (secondary N) is 2. The third-order valence-electron chi connectivity index (χ3n) is 3.66. The maximum absolute atomic E-state index is 11.9. The van der Waals surface area contributed by atoms with Crippen LogP contribution in [0.15, 0.2) is 12.1 Å². The molecular formula is C16H25N3O3. The molecule has 3 amide bonds. The lowest BCUT2D eigenvalue weighted by molar-refractivity contribution is -0.124. The van der Waals surface area contributed by atoms with Crippen molar-refractivity contribution in [3.05, 3.63) is 28.8 Å². The Labute approximate surface area is 131 Å². The van der Waals surface area contributed by atoms with Crippen molar-refractivity contribution in [3.63, 3.8) is 0 Å². The lowest BCUT2D eigenvalue weighted by Gasteiger charge is -2.24. The molecule has 1 atom stereocenters. The summed E-state index contributed by atoms with van der Waals surface area (Å²) in [6.45, 7) is 6.36. The molecule has 0 aliphatic heterocycles. The van der Waals surface area contributed by atoms with E-state index in [-0.39, 0.29) is 5.91 Å². The molecular weight excluding hydrogens is 282 g/mol. The van der Waals surface area contributed by atoms with Crippen molar-refractivity contribution in [2.24, 2.45) is 0 Å². The molecule has 0 aromatic heterocycles. The van der Waals surface area contributed by atoms with E-state index in [0.29, 0.717) is 6.54 Å². The Kier molecular flexibility index (Phi) is 6.37. The van der Waals surface area contributed by atoms with E-state index in [1.807, 2.05) is 37.9 Å². The summed E-state index contributed by atoms with van der Waals surface area (Å²) in [5.74, 6) is 0.556. The van der Waals surface area contributed by atoms with Crippen LogP contribution in [0.5, 0.6) is 5.75 Å². The summed E-state index contributed by atoms with van der Waals surface area (Å²) < 4.78 is 5.36. The minimum absolute atomic E-state index is 0.330. The van der Waals surface area contributed by atoms with Crippen molar-refractivity contribution in [2.45, 2.75) is 33.4 Å². The monoisotopic (exact) mass is 307 g/mol. The van der Waals surface area contributed by atoms with Crippen LogP contribution in [0.1, 0.15) is 23.6 Å². The zero-order valence-electron chi connectivity index (χ0n) is 14.1. The predicted molar refractivity (Wildman–Crippen MR) is 86.0 cm³/mol. The van der Waals surface area contributed by atoms with Gasteiger partial charge >= 0.3 is 6.03 Å². The van der Waals surface area contributed by atoms with Crippen molar-refractivity contribution >= 4 is 11.9 Å². The average Bonchev–Trinajstić information content (AvgIpc) is 2.45. The summed E-state index contributed by atoms with van der Waals surface area (Å²) >= 11 is 0. The number of ether oxygens (including phenoxy) is 1. The van der Waals surface area contributed by atoms with Gasteiger partial charge in [0.2, 0.25) is 5.91 Å². The normalized spacial score (nSPS) is 12.0. The number of nitrogens with zero attached hydrogens (tertiary/aromatic N) is 1. The van der Waals surface area contributed by atoms with Gasteiger partial charge in [-0.2, -0.15) is 0 Å². The second-order valence-corrected chi connectivity index (χ2v) is 5.42. The quantitative estimate of drug-likeness (QED) is 0.866. The minimum Gasteiger partial charge on any atom is -0.496 e. The standard InChI is InChI=1S/C16H25N3O3/c1-10-7-13(8-11(2)14(10)22-6)9-19(5)12(3)15(20)18-16(21)17-4/h7-8,12H,9H2,1-6H3,(H2,17,18,20,21)/t12-/m1/s1. The Morgan fingerprint density at radius 2 is 1.82 bits per heavy atom. The first-order valence-electron chi connectivity index (χ1n) is 7.17. The number of hydrogen-bond acceptors (Lipinski definition) is 4. The highest BCUT2D eigenvalue weighted by molar-refractivity contribution is 5.96. The summed E-state index contributed by atoms with van der Waals surface area (Å²) in [6.07, 6.45) is 0. The summed E-state index contributed by atoms with van der Waals surface area (Å²) in [4.78, 5) is 25.0. The Balaban J connectivity index is 2.78. The van der Waals surface area contributed by atoms with E-state index < -0.39 is 12.1 Å². The fraction of sp³-hybridized carbons (Fsp3) is 0.500. The number of amides is 3. The summed E-state index contributed by atoms with van der Waals surface area (Å²) in [6, 6.07) is 3.18. The number of rotatable bonds is 5. The molecule has 0 radical (unpaired) electrons.